The number of amides is 3. The molecular weight excluding hydrogens is 436 g/mol. The summed E-state index contributed by atoms with van der Waals surface area (Å²) in [5.74, 6) is -1.29. The summed E-state index contributed by atoms with van der Waals surface area (Å²) in [5, 5.41) is 7.29. The normalized spacial score (nSPS) is 10.8. The molecule has 0 aromatic heterocycles. The van der Waals surface area contributed by atoms with Gasteiger partial charge < -0.3 is 20.7 Å². The number of carbonyl (C=O) groups excluding carboxylic acids is 3. The molecule has 2 aromatic rings. The number of carbonyl (C=O) groups is 3. The number of benzene rings is 2. The average molecular weight is 463 g/mol. The Morgan fingerprint density at radius 3 is 2.00 bits per heavy atom. The molecular formula is C21H26N4O6S. The summed E-state index contributed by atoms with van der Waals surface area (Å²) in [6, 6.07) is 11.4. The van der Waals surface area contributed by atoms with E-state index in [0.29, 0.717) is 11.4 Å². The van der Waals surface area contributed by atoms with E-state index in [1.54, 1.807) is 24.3 Å². The van der Waals surface area contributed by atoms with Gasteiger partial charge in [0.25, 0.3) is 0 Å². The molecule has 0 aliphatic heterocycles. The van der Waals surface area contributed by atoms with Crippen LogP contribution in [0.15, 0.2) is 47.4 Å². The first-order chi connectivity index (χ1) is 15.1. The first-order valence-corrected chi connectivity index (χ1v) is 11.1. The van der Waals surface area contributed by atoms with Gasteiger partial charge in [0.2, 0.25) is 27.7 Å². The fourth-order valence-corrected chi connectivity index (χ4v) is 3.54. The molecule has 0 spiro atoms. The standard InChI is InChI=1S/C21H26N4O6S/c1-14-4-7-16(8-5-14)32(29,30)24-13-20(27)22-11-19(26)23-12-21(28)25-17-10-15(2)6-9-18(17)31-3/h4-10,24H,11-13H2,1-3H3,(H,22,27)(H,23,26)(H,25,28). The van der Waals surface area contributed by atoms with E-state index in [1.165, 1.54) is 19.2 Å². The molecule has 2 rings (SSSR count). The minimum absolute atomic E-state index is 0.0323. The maximum Gasteiger partial charge on any atom is 0.243 e. The summed E-state index contributed by atoms with van der Waals surface area (Å²) in [6.45, 7) is 2.43. The third-order valence-electron chi connectivity index (χ3n) is 4.28. The third kappa shape index (κ3) is 7.67. The molecule has 0 radical (unpaired) electrons. The highest BCUT2D eigenvalue weighted by Crippen LogP contribution is 2.24. The Kier molecular flexibility index (Phi) is 8.73. The Morgan fingerprint density at radius 1 is 0.812 bits per heavy atom. The lowest BCUT2D eigenvalue weighted by molar-refractivity contribution is -0.126. The lowest BCUT2D eigenvalue weighted by Crippen LogP contribution is -2.43. The van der Waals surface area contributed by atoms with Crippen molar-refractivity contribution >= 4 is 33.4 Å². The van der Waals surface area contributed by atoms with Gasteiger partial charge in [-0.15, -0.1) is 0 Å². The van der Waals surface area contributed by atoms with Crippen molar-refractivity contribution in [2.45, 2.75) is 18.7 Å². The molecule has 3 amide bonds. The van der Waals surface area contributed by atoms with Gasteiger partial charge in [0.05, 0.1) is 37.3 Å². The third-order valence-corrected chi connectivity index (χ3v) is 5.69. The van der Waals surface area contributed by atoms with Gasteiger partial charge in [-0.3, -0.25) is 14.4 Å². The van der Waals surface area contributed by atoms with Crippen LogP contribution in [0.1, 0.15) is 11.1 Å². The number of ether oxygens (including phenoxy) is 1. The van der Waals surface area contributed by atoms with Crippen LogP contribution in [0.25, 0.3) is 0 Å². The van der Waals surface area contributed by atoms with Crippen molar-refractivity contribution in [1.82, 2.24) is 15.4 Å². The van der Waals surface area contributed by atoms with Gasteiger partial charge in [-0.05, 0) is 43.7 Å². The zero-order valence-corrected chi connectivity index (χ0v) is 18.8. The summed E-state index contributed by atoms with van der Waals surface area (Å²) in [6.07, 6.45) is 0. The van der Waals surface area contributed by atoms with E-state index in [0.717, 1.165) is 11.1 Å². The molecule has 0 atom stereocenters. The molecule has 0 unspecified atom stereocenters. The van der Waals surface area contributed by atoms with Crippen LogP contribution >= 0.6 is 0 Å². The van der Waals surface area contributed by atoms with Gasteiger partial charge >= 0.3 is 0 Å². The smallest absolute Gasteiger partial charge is 0.243 e. The summed E-state index contributed by atoms with van der Waals surface area (Å²) >= 11 is 0. The molecule has 0 bridgehead atoms. The van der Waals surface area contributed by atoms with Crippen molar-refractivity contribution in [3.05, 3.63) is 53.6 Å². The zero-order chi connectivity index (χ0) is 23.7. The molecule has 32 heavy (non-hydrogen) atoms. The van der Waals surface area contributed by atoms with Crippen molar-refractivity contribution < 1.29 is 27.5 Å². The molecule has 0 aliphatic rings. The van der Waals surface area contributed by atoms with Crippen LogP contribution in [-0.4, -0.2) is 52.9 Å². The Hall–Kier alpha value is -3.44. The number of hydrogen-bond acceptors (Lipinski definition) is 6. The van der Waals surface area contributed by atoms with Crippen LogP contribution in [0.5, 0.6) is 5.75 Å². The Balaban J connectivity index is 1.73. The predicted molar refractivity (Wildman–Crippen MR) is 119 cm³/mol. The lowest BCUT2D eigenvalue weighted by Gasteiger charge is -2.12. The number of nitrogens with one attached hydrogen (secondary N) is 4. The first-order valence-electron chi connectivity index (χ1n) is 9.65. The largest absolute Gasteiger partial charge is 0.495 e. The van der Waals surface area contributed by atoms with E-state index in [1.807, 2.05) is 19.9 Å². The van der Waals surface area contributed by atoms with Crippen LogP contribution in [-0.2, 0) is 24.4 Å². The fourth-order valence-electron chi connectivity index (χ4n) is 2.56. The molecule has 0 fully saturated rings. The van der Waals surface area contributed by atoms with Gasteiger partial charge in [-0.2, -0.15) is 0 Å². The van der Waals surface area contributed by atoms with Crippen molar-refractivity contribution in [1.29, 1.82) is 0 Å². The Bertz CT molecular complexity index is 1080. The molecule has 0 saturated heterocycles. The summed E-state index contributed by atoms with van der Waals surface area (Å²) in [5.41, 5.74) is 2.30. The van der Waals surface area contributed by atoms with E-state index in [4.69, 9.17) is 4.74 Å². The van der Waals surface area contributed by atoms with Gasteiger partial charge in [0.15, 0.2) is 0 Å². The fraction of sp³-hybridized carbons (Fsp3) is 0.286. The molecule has 0 saturated carbocycles. The highest BCUT2D eigenvalue weighted by atomic mass is 32.2. The summed E-state index contributed by atoms with van der Waals surface area (Å²) in [4.78, 5) is 35.8. The molecule has 11 heteroatoms. The van der Waals surface area contributed by atoms with Gasteiger partial charge in [-0.25, -0.2) is 13.1 Å². The van der Waals surface area contributed by atoms with Crippen molar-refractivity contribution in [2.75, 3.05) is 32.1 Å². The minimum Gasteiger partial charge on any atom is -0.495 e. The zero-order valence-electron chi connectivity index (χ0n) is 18.0. The maximum absolute atomic E-state index is 12.2. The molecule has 0 aliphatic carbocycles. The predicted octanol–water partition coefficient (Wildman–Crippen LogP) is 0.461. The second-order valence-electron chi connectivity index (χ2n) is 6.94. The monoisotopic (exact) mass is 462 g/mol. The van der Waals surface area contributed by atoms with Gasteiger partial charge in [0, 0.05) is 0 Å². The highest BCUT2D eigenvalue weighted by molar-refractivity contribution is 7.89. The second kappa shape index (κ2) is 11.3. The second-order valence-corrected chi connectivity index (χ2v) is 8.71. The van der Waals surface area contributed by atoms with E-state index in [-0.39, 0.29) is 11.4 Å². The van der Waals surface area contributed by atoms with Gasteiger partial charge in [-0.1, -0.05) is 23.8 Å². The number of sulfonamides is 1. The lowest BCUT2D eigenvalue weighted by atomic mass is 10.2. The number of methoxy groups -OCH3 is 1. The molecule has 4 N–H and O–H groups in total. The van der Waals surface area contributed by atoms with Crippen molar-refractivity contribution in [3.63, 3.8) is 0 Å². The SMILES string of the molecule is COc1ccc(C)cc1NC(=O)CNC(=O)CNC(=O)CNS(=O)(=O)c1ccc(C)cc1. The quantitative estimate of drug-likeness (QED) is 0.404. The first kappa shape index (κ1) is 24.8. The minimum atomic E-state index is -3.85. The summed E-state index contributed by atoms with van der Waals surface area (Å²) in [7, 11) is -2.37. The topological polar surface area (TPSA) is 143 Å². The number of rotatable bonds is 10. The average Bonchev–Trinajstić information content (AvgIpc) is 2.75. The summed E-state index contributed by atoms with van der Waals surface area (Å²) < 4.78 is 31.7. The Labute approximate surface area is 186 Å². The Morgan fingerprint density at radius 2 is 1.38 bits per heavy atom. The van der Waals surface area contributed by atoms with Crippen LogP contribution in [0.4, 0.5) is 5.69 Å². The molecule has 172 valence electrons. The van der Waals surface area contributed by atoms with Crippen LogP contribution < -0.4 is 25.4 Å². The van der Waals surface area contributed by atoms with Crippen LogP contribution in [0.3, 0.4) is 0 Å². The highest BCUT2D eigenvalue weighted by Gasteiger charge is 2.16. The number of hydrogen-bond donors (Lipinski definition) is 4. The van der Waals surface area contributed by atoms with Crippen LogP contribution in [0, 0.1) is 13.8 Å². The van der Waals surface area contributed by atoms with E-state index in [9.17, 15) is 22.8 Å². The van der Waals surface area contributed by atoms with Crippen LogP contribution in [0.2, 0.25) is 0 Å². The van der Waals surface area contributed by atoms with Gasteiger partial charge in [0.1, 0.15) is 5.75 Å². The molecule has 10 nitrogen and oxygen atoms in total. The van der Waals surface area contributed by atoms with E-state index in [2.05, 4.69) is 20.7 Å². The van der Waals surface area contributed by atoms with Crippen molar-refractivity contribution in [3.8, 4) is 5.75 Å². The molecule has 2 aromatic carbocycles. The van der Waals surface area contributed by atoms with Crippen molar-refractivity contribution in [2.24, 2.45) is 0 Å². The van der Waals surface area contributed by atoms with E-state index >= 15 is 0 Å². The van der Waals surface area contributed by atoms with E-state index < -0.39 is 40.8 Å². The number of aryl methyl sites for hydroxylation is 2. The number of anilines is 1. The molecule has 0 heterocycles. The maximum atomic E-state index is 12.2.